The van der Waals surface area contributed by atoms with E-state index in [4.69, 9.17) is 0 Å². The van der Waals surface area contributed by atoms with Crippen molar-refractivity contribution in [2.45, 2.75) is 19.1 Å². The Bertz CT molecular complexity index is 387. The van der Waals surface area contributed by atoms with Gasteiger partial charge in [-0.05, 0) is 25.1 Å². The predicted octanol–water partition coefficient (Wildman–Crippen LogP) is 4.45. The Hall–Kier alpha value is -0.970. The first kappa shape index (κ1) is 13.1. The molecule has 5 heteroatoms. The molecule has 1 aromatic carbocycles. The van der Waals surface area contributed by atoms with Crippen LogP contribution in [0.25, 0.3) is 0 Å². The van der Waals surface area contributed by atoms with Crippen molar-refractivity contribution in [3.8, 4) is 0 Å². The molecular weight excluding hydrogens is 283 g/mol. The van der Waals surface area contributed by atoms with Crippen LogP contribution >= 0.6 is 15.9 Å². The molecule has 0 aromatic heterocycles. The first-order valence-corrected chi connectivity index (χ1v) is 5.39. The van der Waals surface area contributed by atoms with Gasteiger partial charge in [0.2, 0.25) is 0 Å². The lowest BCUT2D eigenvalue weighted by Crippen LogP contribution is -2.16. The van der Waals surface area contributed by atoms with Gasteiger partial charge in [-0.1, -0.05) is 22.0 Å². The average Bonchev–Trinajstić information content (AvgIpc) is 2.15. The Balaban J connectivity index is 3.13. The number of benzene rings is 1. The van der Waals surface area contributed by atoms with Gasteiger partial charge in [0.1, 0.15) is 0 Å². The molecule has 1 rings (SSSR count). The average molecular weight is 294 g/mol. The minimum Gasteiger partial charge on any atom is -0.379 e. The smallest absolute Gasteiger partial charge is 0.379 e. The summed E-state index contributed by atoms with van der Waals surface area (Å²) in [5.74, 6) is 0. The van der Waals surface area contributed by atoms with Crippen LogP contribution in [0.1, 0.15) is 12.5 Å². The van der Waals surface area contributed by atoms with Crippen molar-refractivity contribution in [3.05, 3.63) is 40.9 Å². The monoisotopic (exact) mass is 293 g/mol. The summed E-state index contributed by atoms with van der Waals surface area (Å²) in [6.45, 7) is 5.25. The molecule has 88 valence electrons. The minimum absolute atomic E-state index is 0.0503. The van der Waals surface area contributed by atoms with Gasteiger partial charge < -0.3 is 5.32 Å². The maximum Gasteiger partial charge on any atom is 0.418 e. The zero-order valence-electron chi connectivity index (χ0n) is 8.61. The van der Waals surface area contributed by atoms with Crippen molar-refractivity contribution in [1.82, 2.24) is 0 Å². The van der Waals surface area contributed by atoms with Gasteiger partial charge in [0, 0.05) is 16.2 Å². The SMILES string of the molecule is C=CC(C)Nc1cc(Br)ccc1C(F)(F)F. The van der Waals surface area contributed by atoms with Crippen LogP contribution in [0, 0.1) is 0 Å². The van der Waals surface area contributed by atoms with E-state index in [1.807, 2.05) is 0 Å². The Morgan fingerprint density at radius 2 is 2.06 bits per heavy atom. The van der Waals surface area contributed by atoms with Crippen molar-refractivity contribution < 1.29 is 13.2 Å². The molecule has 0 amide bonds. The standard InChI is InChI=1S/C11H11BrF3N/c1-3-7(2)16-10-6-8(12)4-5-9(10)11(13,14)15/h3-7,16H,1H2,2H3. The zero-order chi connectivity index (χ0) is 12.3. The second kappa shape index (κ2) is 4.91. The summed E-state index contributed by atoms with van der Waals surface area (Å²) in [7, 11) is 0. The van der Waals surface area contributed by atoms with Crippen LogP contribution in [-0.4, -0.2) is 6.04 Å². The molecule has 0 heterocycles. The number of hydrogen-bond donors (Lipinski definition) is 1. The van der Waals surface area contributed by atoms with E-state index in [1.165, 1.54) is 12.1 Å². The van der Waals surface area contributed by atoms with E-state index >= 15 is 0 Å². The Morgan fingerprint density at radius 3 is 2.56 bits per heavy atom. The van der Waals surface area contributed by atoms with E-state index in [9.17, 15) is 13.2 Å². The largest absolute Gasteiger partial charge is 0.418 e. The van der Waals surface area contributed by atoms with E-state index < -0.39 is 11.7 Å². The molecule has 0 fully saturated rings. The van der Waals surface area contributed by atoms with Crippen molar-refractivity contribution in [2.75, 3.05) is 5.32 Å². The fourth-order valence-corrected chi connectivity index (χ4v) is 1.55. The molecule has 16 heavy (non-hydrogen) atoms. The van der Waals surface area contributed by atoms with Gasteiger partial charge in [0.25, 0.3) is 0 Å². The van der Waals surface area contributed by atoms with Crippen LogP contribution in [0.15, 0.2) is 35.3 Å². The first-order valence-electron chi connectivity index (χ1n) is 4.60. The summed E-state index contributed by atoms with van der Waals surface area (Å²) in [6.07, 6.45) is -2.81. The lowest BCUT2D eigenvalue weighted by Gasteiger charge is -2.17. The highest BCUT2D eigenvalue weighted by atomic mass is 79.9. The third-order valence-electron chi connectivity index (χ3n) is 2.02. The fraction of sp³-hybridized carbons (Fsp3) is 0.273. The van der Waals surface area contributed by atoms with Crippen LogP contribution in [0.5, 0.6) is 0 Å². The van der Waals surface area contributed by atoms with Crippen molar-refractivity contribution in [3.63, 3.8) is 0 Å². The highest BCUT2D eigenvalue weighted by Crippen LogP contribution is 2.36. The molecule has 0 aliphatic heterocycles. The summed E-state index contributed by atoms with van der Waals surface area (Å²) in [4.78, 5) is 0. The maximum atomic E-state index is 12.7. The lowest BCUT2D eigenvalue weighted by atomic mass is 10.1. The van der Waals surface area contributed by atoms with Crippen LogP contribution in [0.2, 0.25) is 0 Å². The van der Waals surface area contributed by atoms with Gasteiger partial charge in [-0.25, -0.2) is 0 Å². The summed E-state index contributed by atoms with van der Waals surface area (Å²) in [5, 5.41) is 2.74. The summed E-state index contributed by atoms with van der Waals surface area (Å²) < 4.78 is 38.6. The second-order valence-electron chi connectivity index (χ2n) is 3.36. The summed E-state index contributed by atoms with van der Waals surface area (Å²) in [6, 6.07) is 3.59. The Labute approximate surface area is 100 Å². The quantitative estimate of drug-likeness (QED) is 0.812. The third-order valence-corrected chi connectivity index (χ3v) is 2.52. The van der Waals surface area contributed by atoms with E-state index in [1.54, 1.807) is 13.0 Å². The predicted molar refractivity (Wildman–Crippen MR) is 62.4 cm³/mol. The van der Waals surface area contributed by atoms with Gasteiger partial charge in [-0.3, -0.25) is 0 Å². The number of rotatable bonds is 3. The molecule has 0 bridgehead atoms. The molecular formula is C11H11BrF3N. The van der Waals surface area contributed by atoms with E-state index in [0.717, 1.165) is 6.07 Å². The topological polar surface area (TPSA) is 12.0 Å². The molecule has 1 atom stereocenters. The van der Waals surface area contributed by atoms with Gasteiger partial charge in [0.15, 0.2) is 0 Å². The van der Waals surface area contributed by atoms with E-state index in [-0.39, 0.29) is 11.7 Å². The number of alkyl halides is 3. The minimum atomic E-state index is -4.36. The van der Waals surface area contributed by atoms with Gasteiger partial charge in [-0.15, -0.1) is 6.58 Å². The molecule has 0 radical (unpaired) electrons. The summed E-state index contributed by atoms with van der Waals surface area (Å²) >= 11 is 3.14. The molecule has 1 unspecified atom stereocenters. The van der Waals surface area contributed by atoms with Gasteiger partial charge >= 0.3 is 6.18 Å². The van der Waals surface area contributed by atoms with Crippen molar-refractivity contribution in [1.29, 1.82) is 0 Å². The Morgan fingerprint density at radius 1 is 1.44 bits per heavy atom. The first-order chi connectivity index (χ1) is 7.34. The maximum absolute atomic E-state index is 12.7. The molecule has 0 aliphatic carbocycles. The number of nitrogens with one attached hydrogen (secondary N) is 1. The number of anilines is 1. The molecule has 1 nitrogen and oxygen atoms in total. The van der Waals surface area contributed by atoms with E-state index in [0.29, 0.717) is 4.47 Å². The summed E-state index contributed by atoms with van der Waals surface area (Å²) in [5.41, 5.74) is -0.626. The van der Waals surface area contributed by atoms with E-state index in [2.05, 4.69) is 27.8 Å². The zero-order valence-corrected chi connectivity index (χ0v) is 10.2. The molecule has 0 aliphatic rings. The van der Waals surface area contributed by atoms with Gasteiger partial charge in [0.05, 0.1) is 5.56 Å². The number of halogens is 4. The van der Waals surface area contributed by atoms with Crippen LogP contribution < -0.4 is 5.32 Å². The highest BCUT2D eigenvalue weighted by molar-refractivity contribution is 9.10. The Kier molecular flexibility index (Phi) is 4.02. The van der Waals surface area contributed by atoms with Crippen LogP contribution in [0.3, 0.4) is 0 Å². The van der Waals surface area contributed by atoms with Crippen molar-refractivity contribution >= 4 is 21.6 Å². The lowest BCUT2D eigenvalue weighted by molar-refractivity contribution is -0.137. The second-order valence-corrected chi connectivity index (χ2v) is 4.27. The molecule has 0 saturated carbocycles. The molecule has 0 spiro atoms. The van der Waals surface area contributed by atoms with Gasteiger partial charge in [-0.2, -0.15) is 13.2 Å². The third kappa shape index (κ3) is 3.27. The number of hydrogen-bond acceptors (Lipinski definition) is 1. The van der Waals surface area contributed by atoms with Crippen molar-refractivity contribution in [2.24, 2.45) is 0 Å². The highest BCUT2D eigenvalue weighted by Gasteiger charge is 2.33. The molecule has 1 aromatic rings. The van der Waals surface area contributed by atoms with Crippen LogP contribution in [-0.2, 0) is 6.18 Å². The molecule has 1 N–H and O–H groups in total. The van der Waals surface area contributed by atoms with Crippen LogP contribution in [0.4, 0.5) is 18.9 Å². The normalized spacial score (nSPS) is 13.3. The molecule has 0 saturated heterocycles. The fourth-order valence-electron chi connectivity index (χ4n) is 1.19.